The number of aliphatic hydroxyl groups is 4. The molecule has 0 radical (unpaired) electrons. The molecule has 10 heteroatoms. The standard InChI is InChI=1S/C22H20O10/c1-30-11-7-12(31-14(23)8-11)16-20(27)9-13-18(25)21(16,28)17(22(20,29)19(26)32-13)15(24)10-5-3-2-4-6-10/h2-8,13,16-18,25,27-29H,9H2,1H3/t13?,16?,17-,18?,20+,21-,22+/m0/s1. The lowest BCUT2D eigenvalue weighted by atomic mass is 9.65. The van der Waals surface area contributed by atoms with Gasteiger partial charge >= 0.3 is 11.6 Å². The lowest BCUT2D eigenvalue weighted by Gasteiger charge is -2.50. The van der Waals surface area contributed by atoms with Crippen molar-refractivity contribution in [2.24, 2.45) is 5.92 Å². The highest BCUT2D eigenvalue weighted by atomic mass is 16.6. The quantitative estimate of drug-likeness (QED) is 0.344. The predicted octanol–water partition coefficient (Wildman–Crippen LogP) is -0.872. The topological polar surface area (TPSA) is 164 Å². The molecule has 0 spiro atoms. The summed E-state index contributed by atoms with van der Waals surface area (Å²) in [7, 11) is 1.28. The van der Waals surface area contributed by atoms with Gasteiger partial charge in [-0.1, -0.05) is 30.3 Å². The van der Waals surface area contributed by atoms with Crippen molar-refractivity contribution in [1.82, 2.24) is 0 Å². The van der Waals surface area contributed by atoms with E-state index in [-0.39, 0.29) is 17.1 Å². The highest BCUT2D eigenvalue weighted by Crippen LogP contribution is 2.67. The van der Waals surface area contributed by atoms with Crippen LogP contribution in [0.15, 0.2) is 51.7 Å². The van der Waals surface area contributed by atoms with Gasteiger partial charge in [-0.25, -0.2) is 9.59 Å². The van der Waals surface area contributed by atoms with Crippen molar-refractivity contribution in [1.29, 1.82) is 0 Å². The number of Topliss-reactive ketones (excluding diaryl/α,β-unsaturated/α-hetero) is 1. The summed E-state index contributed by atoms with van der Waals surface area (Å²) in [5, 5.41) is 46.1. The van der Waals surface area contributed by atoms with Gasteiger partial charge in [0.15, 0.2) is 5.78 Å². The van der Waals surface area contributed by atoms with Crippen molar-refractivity contribution >= 4 is 11.8 Å². The van der Waals surface area contributed by atoms with Crippen LogP contribution in [0.4, 0.5) is 0 Å². The number of ketones is 1. The van der Waals surface area contributed by atoms with E-state index >= 15 is 0 Å². The Kier molecular flexibility index (Phi) is 4.22. The molecule has 3 aliphatic rings. The number of methoxy groups -OCH3 is 1. The smallest absolute Gasteiger partial charge is 0.342 e. The number of aliphatic hydroxyl groups excluding tert-OH is 1. The minimum atomic E-state index is -2.92. The van der Waals surface area contributed by atoms with Crippen LogP contribution in [0.3, 0.4) is 0 Å². The molecule has 10 nitrogen and oxygen atoms in total. The molecule has 3 fully saturated rings. The highest BCUT2D eigenvalue weighted by Gasteiger charge is 2.88. The monoisotopic (exact) mass is 444 g/mol. The van der Waals surface area contributed by atoms with Crippen LogP contribution in [0.1, 0.15) is 28.5 Å². The third-order valence-corrected chi connectivity index (χ3v) is 6.99. The molecule has 7 atom stereocenters. The minimum Gasteiger partial charge on any atom is -0.496 e. The van der Waals surface area contributed by atoms with E-state index < -0.39 is 64.6 Å². The maximum atomic E-state index is 13.5. The summed E-state index contributed by atoms with van der Waals surface area (Å²) in [6, 6.07) is 9.75. The van der Waals surface area contributed by atoms with Crippen LogP contribution in [-0.4, -0.2) is 68.3 Å². The molecule has 2 saturated carbocycles. The fourth-order valence-electron chi connectivity index (χ4n) is 5.68. The number of fused-ring (bicyclic) bond motifs is 2. The van der Waals surface area contributed by atoms with Gasteiger partial charge in [0.2, 0.25) is 5.60 Å². The van der Waals surface area contributed by atoms with E-state index in [1.807, 2.05) is 0 Å². The molecule has 168 valence electrons. The van der Waals surface area contributed by atoms with Crippen molar-refractivity contribution in [3.63, 3.8) is 0 Å². The molecule has 4 N–H and O–H groups in total. The summed E-state index contributed by atoms with van der Waals surface area (Å²) in [6.07, 6.45) is -3.76. The van der Waals surface area contributed by atoms with Crippen LogP contribution in [0, 0.1) is 5.92 Å². The van der Waals surface area contributed by atoms with Crippen LogP contribution in [0.5, 0.6) is 5.75 Å². The first-order valence-corrected chi connectivity index (χ1v) is 9.93. The molecular weight excluding hydrogens is 424 g/mol. The SMILES string of the molecule is COc1cc(C2[C@@]3(O)C(O)C4C[C@]2(O)[C@](O)(C(=O)O4)[C@H]3C(=O)c2ccccc2)oc(=O)c1. The van der Waals surface area contributed by atoms with Crippen LogP contribution in [0.2, 0.25) is 0 Å². The van der Waals surface area contributed by atoms with Crippen molar-refractivity contribution in [3.05, 3.63) is 64.2 Å². The lowest BCUT2D eigenvalue weighted by molar-refractivity contribution is -0.252. The molecule has 1 aromatic heterocycles. The van der Waals surface area contributed by atoms with Gasteiger partial charge in [-0.3, -0.25) is 4.79 Å². The van der Waals surface area contributed by atoms with E-state index in [1.165, 1.54) is 25.3 Å². The fourth-order valence-corrected chi connectivity index (χ4v) is 5.68. The number of esters is 1. The summed E-state index contributed by atoms with van der Waals surface area (Å²) >= 11 is 0. The predicted molar refractivity (Wildman–Crippen MR) is 104 cm³/mol. The van der Waals surface area contributed by atoms with Crippen molar-refractivity contribution < 1.29 is 43.9 Å². The first kappa shape index (κ1) is 20.8. The van der Waals surface area contributed by atoms with E-state index in [0.717, 1.165) is 6.07 Å². The molecule has 0 amide bonds. The second-order valence-corrected chi connectivity index (χ2v) is 8.49. The number of rotatable bonds is 4. The number of carbonyl (C=O) groups excluding carboxylic acids is 2. The van der Waals surface area contributed by atoms with E-state index in [9.17, 15) is 34.8 Å². The van der Waals surface area contributed by atoms with Crippen LogP contribution < -0.4 is 10.4 Å². The Morgan fingerprint density at radius 3 is 2.47 bits per heavy atom. The molecule has 5 rings (SSSR count). The zero-order valence-electron chi connectivity index (χ0n) is 16.8. The van der Waals surface area contributed by atoms with Crippen molar-refractivity contribution in [2.45, 2.75) is 41.3 Å². The van der Waals surface area contributed by atoms with Gasteiger partial charge in [-0.15, -0.1) is 0 Å². The van der Waals surface area contributed by atoms with E-state index in [2.05, 4.69) is 0 Å². The Bertz CT molecular complexity index is 1170. The molecule has 1 aliphatic heterocycles. The molecule has 32 heavy (non-hydrogen) atoms. The van der Waals surface area contributed by atoms with Gasteiger partial charge in [-0.05, 0) is 0 Å². The van der Waals surface area contributed by atoms with Gasteiger partial charge in [-0.2, -0.15) is 0 Å². The maximum Gasteiger partial charge on any atom is 0.342 e. The van der Waals surface area contributed by atoms with Crippen LogP contribution in [-0.2, 0) is 9.53 Å². The zero-order valence-corrected chi connectivity index (χ0v) is 16.8. The molecule has 1 saturated heterocycles. The number of hydrogen-bond acceptors (Lipinski definition) is 10. The van der Waals surface area contributed by atoms with Gasteiger partial charge < -0.3 is 34.3 Å². The second-order valence-electron chi connectivity index (χ2n) is 8.49. The first-order valence-electron chi connectivity index (χ1n) is 9.93. The Labute approximate surface area is 180 Å². The molecule has 2 aliphatic carbocycles. The van der Waals surface area contributed by atoms with Crippen LogP contribution >= 0.6 is 0 Å². The molecule has 1 aromatic carbocycles. The second kappa shape index (κ2) is 6.48. The van der Waals surface area contributed by atoms with Gasteiger partial charge in [0.1, 0.15) is 34.9 Å². The fraction of sp³-hybridized carbons (Fsp3) is 0.409. The van der Waals surface area contributed by atoms with E-state index in [1.54, 1.807) is 18.2 Å². The molecule has 2 aromatic rings. The summed E-state index contributed by atoms with van der Waals surface area (Å²) in [5.74, 6) is -6.31. The lowest BCUT2D eigenvalue weighted by Crippen LogP contribution is -2.69. The Balaban J connectivity index is 1.80. The summed E-state index contributed by atoms with van der Waals surface area (Å²) in [5.41, 5.74) is -8.89. The van der Waals surface area contributed by atoms with Crippen molar-refractivity contribution in [2.75, 3.05) is 7.11 Å². The van der Waals surface area contributed by atoms with Gasteiger partial charge in [0, 0.05) is 18.1 Å². The average molecular weight is 444 g/mol. The average Bonchev–Trinajstić information content (AvgIpc) is 2.87. The van der Waals surface area contributed by atoms with Crippen molar-refractivity contribution in [3.8, 4) is 5.75 Å². The maximum absolute atomic E-state index is 13.5. The molecular formula is C22H20O10. The minimum absolute atomic E-state index is 0.0218. The summed E-state index contributed by atoms with van der Waals surface area (Å²) in [4.78, 5) is 38.5. The third kappa shape index (κ3) is 2.29. The number of ether oxygens (including phenoxy) is 2. The Morgan fingerprint density at radius 1 is 1.12 bits per heavy atom. The van der Waals surface area contributed by atoms with E-state index in [0.29, 0.717) is 0 Å². The summed E-state index contributed by atoms with van der Waals surface area (Å²) < 4.78 is 15.4. The Hall–Kier alpha value is -3.05. The molecule has 2 heterocycles. The highest BCUT2D eigenvalue weighted by molar-refractivity contribution is 6.05. The van der Waals surface area contributed by atoms with Gasteiger partial charge in [0.25, 0.3) is 0 Å². The molecule has 3 bridgehead atoms. The first-order chi connectivity index (χ1) is 15.1. The molecule has 3 unspecified atom stereocenters. The van der Waals surface area contributed by atoms with Gasteiger partial charge in [0.05, 0.1) is 25.0 Å². The zero-order chi connectivity index (χ0) is 23.1. The number of carbonyl (C=O) groups is 2. The largest absolute Gasteiger partial charge is 0.496 e. The normalized spacial score (nSPS) is 39.6. The third-order valence-electron chi connectivity index (χ3n) is 6.99. The number of hydrogen-bond donors (Lipinski definition) is 4. The Morgan fingerprint density at radius 2 is 1.81 bits per heavy atom. The van der Waals surface area contributed by atoms with E-state index in [4.69, 9.17) is 13.9 Å². The summed E-state index contributed by atoms with van der Waals surface area (Å²) in [6.45, 7) is 0. The number of benzene rings is 1. The van der Waals surface area contributed by atoms with Crippen LogP contribution in [0.25, 0.3) is 0 Å².